The average molecular weight is 438 g/mol. The highest BCUT2D eigenvalue weighted by Gasteiger charge is 2.44. The first-order valence-corrected chi connectivity index (χ1v) is 13.0. The van der Waals surface area contributed by atoms with Crippen LogP contribution in [0.5, 0.6) is 0 Å². The minimum absolute atomic E-state index is 0.210. The second-order valence-corrected chi connectivity index (χ2v) is 12.3. The van der Waals surface area contributed by atoms with E-state index in [1.54, 1.807) is 16.4 Å². The lowest BCUT2D eigenvalue weighted by atomic mass is 9.78. The molecule has 5 rings (SSSR count). The number of piperidine rings is 1. The molecule has 0 amide bonds. The molecule has 5 nitrogen and oxygen atoms in total. The van der Waals surface area contributed by atoms with E-state index in [0.29, 0.717) is 29.3 Å². The van der Waals surface area contributed by atoms with E-state index in [0.717, 1.165) is 43.4 Å². The van der Waals surface area contributed by atoms with Crippen LogP contribution >= 0.6 is 23.6 Å². The van der Waals surface area contributed by atoms with E-state index in [1.807, 2.05) is 5.38 Å². The molecule has 2 aliphatic carbocycles. The molecule has 8 heteroatoms. The molecule has 2 saturated heterocycles. The van der Waals surface area contributed by atoms with Crippen LogP contribution in [0.25, 0.3) is 0 Å². The fraction of sp³-hybridized carbons (Fsp3) is 0.650. The number of fused-ring (bicyclic) bond motifs is 2. The number of thiocarbonyl (C=S) groups is 1. The fourth-order valence-corrected chi connectivity index (χ4v) is 8.34. The number of hydrogen-bond acceptors (Lipinski definition) is 4. The zero-order chi connectivity index (χ0) is 19.4. The van der Waals surface area contributed by atoms with E-state index in [9.17, 15) is 8.42 Å². The first-order chi connectivity index (χ1) is 13.5. The van der Waals surface area contributed by atoms with Crippen molar-refractivity contribution in [1.82, 2.24) is 14.5 Å². The number of nitrogens with one attached hydrogen (secondary N) is 1. The van der Waals surface area contributed by atoms with E-state index in [2.05, 4.69) is 22.4 Å². The summed E-state index contributed by atoms with van der Waals surface area (Å²) in [6.45, 7) is 3.18. The van der Waals surface area contributed by atoms with Crippen LogP contribution in [-0.4, -0.2) is 55.0 Å². The van der Waals surface area contributed by atoms with Crippen LogP contribution in [0.2, 0.25) is 0 Å². The predicted octanol–water partition coefficient (Wildman–Crippen LogP) is 3.06. The van der Waals surface area contributed by atoms with Gasteiger partial charge in [-0.3, -0.25) is 0 Å². The first-order valence-electron chi connectivity index (χ1n) is 10.2. The Kier molecular flexibility index (Phi) is 4.81. The summed E-state index contributed by atoms with van der Waals surface area (Å²) in [6.07, 6.45) is 10.1. The molecule has 3 fully saturated rings. The second-order valence-electron chi connectivity index (χ2n) is 8.84. The van der Waals surface area contributed by atoms with Crippen molar-refractivity contribution in [2.24, 2.45) is 17.3 Å². The van der Waals surface area contributed by atoms with E-state index in [-0.39, 0.29) is 5.41 Å². The molecule has 3 atom stereocenters. The van der Waals surface area contributed by atoms with Gasteiger partial charge in [-0.25, -0.2) is 8.42 Å². The van der Waals surface area contributed by atoms with Gasteiger partial charge in [-0.05, 0) is 73.0 Å². The summed E-state index contributed by atoms with van der Waals surface area (Å²) in [5, 5.41) is 6.35. The summed E-state index contributed by atoms with van der Waals surface area (Å²) in [5.74, 6) is 1.38. The van der Waals surface area contributed by atoms with Crippen molar-refractivity contribution < 1.29 is 8.42 Å². The summed E-state index contributed by atoms with van der Waals surface area (Å²) >= 11 is 7.04. The van der Waals surface area contributed by atoms with Gasteiger partial charge < -0.3 is 10.2 Å². The van der Waals surface area contributed by atoms with Crippen LogP contribution in [-0.2, 0) is 10.0 Å². The first kappa shape index (κ1) is 19.0. The quantitative estimate of drug-likeness (QED) is 0.582. The number of sulfonamides is 1. The van der Waals surface area contributed by atoms with Crippen LogP contribution in [0.4, 0.5) is 0 Å². The van der Waals surface area contributed by atoms with Crippen molar-refractivity contribution in [3.63, 3.8) is 0 Å². The summed E-state index contributed by atoms with van der Waals surface area (Å²) < 4.78 is 27.7. The Hall–Kier alpha value is -0.960. The number of hydrogen-bond donors (Lipinski definition) is 1. The standard InChI is InChI=1S/C20H27N3O2S3/c24-28(25,18-2-1-11-27-18)23-9-6-20(7-10-23)5-8-22(14-20)19(26)21-17-13-15-3-4-16(17)12-15/h1-4,11,15-17H,5-10,12-14H2,(H,21,26)/t15-,16+,17?/m0/s1. The second kappa shape index (κ2) is 7.07. The lowest BCUT2D eigenvalue weighted by molar-refractivity contribution is 0.166. The molecule has 152 valence electrons. The summed E-state index contributed by atoms with van der Waals surface area (Å²) in [6, 6.07) is 4.01. The Morgan fingerprint density at radius 2 is 1.96 bits per heavy atom. The SMILES string of the molecule is O=S(=O)(c1cccs1)N1CCC2(CCN(C(=S)NC3C[C@H]4C=C[C@@H]3C4)C2)CC1. The average Bonchev–Trinajstić information content (AvgIpc) is 3.47. The van der Waals surface area contributed by atoms with Gasteiger partial charge in [0, 0.05) is 32.2 Å². The number of likely N-dealkylation sites (tertiary alicyclic amines) is 1. The van der Waals surface area contributed by atoms with Gasteiger partial charge in [0.2, 0.25) is 0 Å². The van der Waals surface area contributed by atoms with Gasteiger partial charge in [-0.15, -0.1) is 11.3 Å². The smallest absolute Gasteiger partial charge is 0.252 e. The zero-order valence-corrected chi connectivity index (χ0v) is 18.4. The van der Waals surface area contributed by atoms with Crippen LogP contribution in [0, 0.1) is 17.3 Å². The molecule has 1 unspecified atom stereocenters. The largest absolute Gasteiger partial charge is 0.359 e. The van der Waals surface area contributed by atoms with E-state index < -0.39 is 10.0 Å². The van der Waals surface area contributed by atoms with Crippen molar-refractivity contribution in [2.75, 3.05) is 26.2 Å². The molecule has 2 bridgehead atoms. The number of allylic oxidation sites excluding steroid dienone is 1. The van der Waals surface area contributed by atoms with Crippen molar-refractivity contribution in [2.45, 2.75) is 42.4 Å². The van der Waals surface area contributed by atoms with Crippen molar-refractivity contribution in [1.29, 1.82) is 0 Å². The zero-order valence-electron chi connectivity index (χ0n) is 15.9. The fourth-order valence-electron chi connectivity index (χ4n) is 5.45. The molecular formula is C20H27N3O2S3. The lowest BCUT2D eigenvalue weighted by Gasteiger charge is -2.38. The molecule has 0 radical (unpaired) electrons. The highest BCUT2D eigenvalue weighted by molar-refractivity contribution is 7.91. The van der Waals surface area contributed by atoms with E-state index >= 15 is 0 Å². The van der Waals surface area contributed by atoms with Crippen molar-refractivity contribution in [3.8, 4) is 0 Å². The number of nitrogens with zero attached hydrogens (tertiary/aromatic N) is 2. The molecule has 1 aromatic rings. The number of thiophene rings is 1. The van der Waals surface area contributed by atoms with Gasteiger partial charge in [0.05, 0.1) is 0 Å². The molecule has 0 aromatic carbocycles. The molecule has 1 saturated carbocycles. The van der Waals surface area contributed by atoms with E-state index in [4.69, 9.17) is 12.2 Å². The van der Waals surface area contributed by atoms with Crippen LogP contribution < -0.4 is 5.32 Å². The van der Waals surface area contributed by atoms with Gasteiger partial charge in [0.25, 0.3) is 10.0 Å². The van der Waals surface area contributed by atoms with E-state index in [1.165, 1.54) is 24.2 Å². The highest BCUT2D eigenvalue weighted by Crippen LogP contribution is 2.42. The molecule has 1 N–H and O–H groups in total. The third-order valence-electron chi connectivity index (χ3n) is 7.19. The van der Waals surface area contributed by atoms with Gasteiger partial charge in [-0.2, -0.15) is 4.31 Å². The highest BCUT2D eigenvalue weighted by atomic mass is 32.2. The summed E-state index contributed by atoms with van der Waals surface area (Å²) in [5.41, 5.74) is 0.210. The summed E-state index contributed by atoms with van der Waals surface area (Å²) in [4.78, 5) is 2.33. The van der Waals surface area contributed by atoms with Crippen LogP contribution in [0.1, 0.15) is 32.1 Å². The van der Waals surface area contributed by atoms with Crippen LogP contribution in [0.15, 0.2) is 33.9 Å². The minimum Gasteiger partial charge on any atom is -0.359 e. The van der Waals surface area contributed by atoms with Gasteiger partial charge in [0.1, 0.15) is 4.21 Å². The molecule has 3 heterocycles. The van der Waals surface area contributed by atoms with Gasteiger partial charge >= 0.3 is 0 Å². The van der Waals surface area contributed by atoms with Gasteiger partial charge in [0.15, 0.2) is 5.11 Å². The Labute approximate surface area is 176 Å². The number of rotatable bonds is 3. The monoisotopic (exact) mass is 437 g/mol. The predicted molar refractivity (Wildman–Crippen MR) is 116 cm³/mol. The lowest BCUT2D eigenvalue weighted by Crippen LogP contribution is -2.47. The molecule has 4 aliphatic rings. The van der Waals surface area contributed by atoms with Crippen molar-refractivity contribution >= 4 is 38.7 Å². The molecule has 28 heavy (non-hydrogen) atoms. The Bertz CT molecular complexity index is 873. The van der Waals surface area contributed by atoms with Gasteiger partial charge in [-0.1, -0.05) is 18.2 Å². The Morgan fingerprint density at radius 1 is 1.18 bits per heavy atom. The Balaban J connectivity index is 1.17. The van der Waals surface area contributed by atoms with Crippen molar-refractivity contribution in [3.05, 3.63) is 29.7 Å². The minimum atomic E-state index is -3.32. The van der Waals surface area contributed by atoms with Crippen LogP contribution in [0.3, 0.4) is 0 Å². The maximum Gasteiger partial charge on any atom is 0.252 e. The maximum atomic E-state index is 12.8. The summed E-state index contributed by atoms with van der Waals surface area (Å²) in [7, 11) is -3.32. The molecule has 1 aromatic heterocycles. The Morgan fingerprint density at radius 3 is 2.61 bits per heavy atom. The molecule has 2 aliphatic heterocycles. The third-order valence-corrected chi connectivity index (χ3v) is 10.8. The molecular weight excluding hydrogens is 410 g/mol. The topological polar surface area (TPSA) is 52.7 Å². The molecule has 1 spiro atoms. The normalized spacial score (nSPS) is 31.7. The third kappa shape index (κ3) is 3.32. The maximum absolute atomic E-state index is 12.8.